The van der Waals surface area contributed by atoms with Crippen LogP contribution in [0.25, 0.3) is 0 Å². The summed E-state index contributed by atoms with van der Waals surface area (Å²) < 4.78 is 81.4. The van der Waals surface area contributed by atoms with Crippen molar-refractivity contribution in [1.82, 2.24) is 10.2 Å². The smallest absolute Gasteiger partial charge is 0.270 e. The van der Waals surface area contributed by atoms with Crippen LogP contribution in [-0.2, 0) is 38.4 Å². The van der Waals surface area contributed by atoms with E-state index in [4.69, 9.17) is 8.37 Å². The zero-order chi connectivity index (χ0) is 25.6. The van der Waals surface area contributed by atoms with Crippen molar-refractivity contribution < 1.29 is 38.5 Å². The van der Waals surface area contributed by atoms with Crippen LogP contribution in [-0.4, -0.2) is 106 Å². The van der Waals surface area contributed by atoms with E-state index in [1.165, 1.54) is 11.0 Å². The van der Waals surface area contributed by atoms with E-state index >= 15 is 0 Å². The number of nitro groups is 1. The second-order valence-corrected chi connectivity index (χ2v) is 12.8. The van der Waals surface area contributed by atoms with E-state index in [0.29, 0.717) is 26.2 Å². The number of rotatable bonds is 13. The summed E-state index contributed by atoms with van der Waals surface area (Å²) >= 11 is 0. The quantitative estimate of drug-likeness (QED) is 0.181. The number of non-ortho nitro benzene ring substituents is 1. The van der Waals surface area contributed by atoms with Gasteiger partial charge in [0.2, 0.25) is 0 Å². The van der Waals surface area contributed by atoms with Crippen molar-refractivity contribution in [2.45, 2.75) is 4.90 Å². The lowest BCUT2D eigenvalue weighted by Gasteiger charge is -2.29. The highest BCUT2D eigenvalue weighted by Gasteiger charge is 2.28. The third-order valence-corrected chi connectivity index (χ3v) is 7.60. The fourth-order valence-electron chi connectivity index (χ4n) is 3.23. The van der Waals surface area contributed by atoms with Crippen LogP contribution in [0.15, 0.2) is 23.1 Å². The van der Waals surface area contributed by atoms with Crippen molar-refractivity contribution in [3.63, 3.8) is 0 Å². The molecule has 1 aliphatic rings. The van der Waals surface area contributed by atoms with E-state index in [1.54, 1.807) is 4.90 Å². The minimum Gasteiger partial charge on any atom is -0.366 e. The summed E-state index contributed by atoms with van der Waals surface area (Å²) in [5, 5.41) is 14.4. The van der Waals surface area contributed by atoms with Crippen LogP contribution >= 0.6 is 0 Å². The molecule has 2 rings (SSSR count). The Bertz CT molecular complexity index is 1140. The van der Waals surface area contributed by atoms with Crippen LogP contribution in [0.3, 0.4) is 0 Å². The van der Waals surface area contributed by atoms with E-state index < -0.39 is 40.7 Å². The monoisotopic (exact) mass is 544 g/mol. The molecule has 34 heavy (non-hydrogen) atoms. The van der Waals surface area contributed by atoms with Crippen LogP contribution in [0.4, 0.5) is 11.4 Å². The van der Waals surface area contributed by atoms with Crippen LogP contribution in [0.2, 0.25) is 0 Å². The molecule has 0 unspecified atom stereocenters. The number of benzene rings is 1. The fraction of sp³-hybridized carbons (Fsp3) is 0.647. The van der Waals surface area contributed by atoms with Crippen LogP contribution < -0.4 is 10.2 Å². The van der Waals surface area contributed by atoms with Gasteiger partial charge in [-0.3, -0.25) is 23.4 Å². The average molecular weight is 545 g/mol. The van der Waals surface area contributed by atoms with Gasteiger partial charge in [0.1, 0.15) is 5.88 Å². The van der Waals surface area contributed by atoms with Gasteiger partial charge in [-0.15, -0.1) is 0 Å². The zero-order valence-electron chi connectivity index (χ0n) is 18.7. The number of nitro benzene ring substituents is 1. The van der Waals surface area contributed by atoms with Gasteiger partial charge in [0.05, 0.1) is 41.2 Å². The number of nitrogens with zero attached hydrogens (tertiary/aromatic N) is 3. The molecule has 1 fully saturated rings. The van der Waals surface area contributed by atoms with Crippen molar-refractivity contribution in [2.24, 2.45) is 0 Å². The Morgan fingerprint density at radius 3 is 2.00 bits per heavy atom. The molecule has 0 amide bonds. The average Bonchev–Trinajstić information content (AvgIpc) is 2.71. The lowest BCUT2D eigenvalue weighted by atomic mass is 10.2. The van der Waals surface area contributed by atoms with Gasteiger partial charge in [-0.05, 0) is 6.07 Å². The van der Waals surface area contributed by atoms with E-state index in [2.05, 4.69) is 5.32 Å². The first kappa shape index (κ1) is 28.3. The third-order valence-electron chi connectivity index (χ3n) is 4.71. The maximum atomic E-state index is 13.3. The minimum atomic E-state index is -4.06. The van der Waals surface area contributed by atoms with Gasteiger partial charge in [0.15, 0.2) is 9.84 Å². The maximum Gasteiger partial charge on any atom is 0.270 e. The van der Waals surface area contributed by atoms with Crippen LogP contribution in [0, 0.1) is 10.1 Å². The van der Waals surface area contributed by atoms with E-state index in [0.717, 1.165) is 24.6 Å². The molecule has 1 aromatic rings. The molecule has 0 aliphatic carbocycles. The summed E-state index contributed by atoms with van der Waals surface area (Å²) in [5.74, 6) is -0.379. The lowest BCUT2D eigenvalue weighted by Crippen LogP contribution is -2.45. The highest BCUT2D eigenvalue weighted by molar-refractivity contribution is 7.91. The molecule has 0 atom stereocenters. The number of anilines is 1. The van der Waals surface area contributed by atoms with E-state index in [-0.39, 0.29) is 42.8 Å². The zero-order valence-corrected chi connectivity index (χ0v) is 21.2. The first-order valence-electron chi connectivity index (χ1n) is 10.1. The molecule has 14 nitrogen and oxygen atoms in total. The van der Waals surface area contributed by atoms with Gasteiger partial charge in [-0.25, -0.2) is 8.42 Å². The Morgan fingerprint density at radius 2 is 1.53 bits per heavy atom. The van der Waals surface area contributed by atoms with Gasteiger partial charge in [-0.1, -0.05) is 0 Å². The number of hydrogen-bond acceptors (Lipinski definition) is 13. The van der Waals surface area contributed by atoms with E-state index in [9.17, 15) is 35.4 Å². The van der Waals surface area contributed by atoms with Crippen LogP contribution in [0.1, 0.15) is 0 Å². The van der Waals surface area contributed by atoms with Crippen molar-refractivity contribution in [2.75, 3.05) is 75.8 Å². The number of nitrogens with one attached hydrogen (secondary N) is 1. The molecule has 1 heterocycles. The molecule has 0 bridgehead atoms. The highest BCUT2D eigenvalue weighted by atomic mass is 32.2. The molecular formula is C17H28N4O10S3. The summed E-state index contributed by atoms with van der Waals surface area (Å²) in [6.07, 6.45) is 1.69. The highest BCUT2D eigenvalue weighted by Crippen LogP contribution is 2.31. The molecule has 0 saturated carbocycles. The fourth-order valence-corrected chi connectivity index (χ4v) is 5.68. The Kier molecular flexibility index (Phi) is 9.75. The minimum absolute atomic E-state index is 0.0370. The van der Waals surface area contributed by atoms with Gasteiger partial charge >= 0.3 is 0 Å². The largest absolute Gasteiger partial charge is 0.366 e. The molecule has 0 spiro atoms. The van der Waals surface area contributed by atoms with Gasteiger partial charge in [0.25, 0.3) is 25.9 Å². The lowest BCUT2D eigenvalue weighted by molar-refractivity contribution is -0.385. The second kappa shape index (κ2) is 11.7. The normalized spacial score (nSPS) is 15.8. The molecule has 194 valence electrons. The molecular weight excluding hydrogens is 516 g/mol. The Morgan fingerprint density at radius 1 is 1.00 bits per heavy atom. The predicted octanol–water partition coefficient (Wildman–Crippen LogP) is -1.01. The molecule has 1 N–H and O–H groups in total. The predicted molar refractivity (Wildman–Crippen MR) is 123 cm³/mol. The second-order valence-electron chi connectivity index (χ2n) is 7.56. The molecule has 1 saturated heterocycles. The molecule has 0 aromatic heterocycles. The first-order valence-corrected chi connectivity index (χ1v) is 15.3. The topological polar surface area (TPSA) is 183 Å². The maximum absolute atomic E-state index is 13.3. The van der Waals surface area contributed by atoms with Gasteiger partial charge in [-0.2, -0.15) is 16.8 Å². The number of hydrogen-bond donors (Lipinski definition) is 1. The van der Waals surface area contributed by atoms with E-state index in [1.807, 2.05) is 0 Å². The summed E-state index contributed by atoms with van der Waals surface area (Å²) in [7, 11) is -11.7. The van der Waals surface area contributed by atoms with Crippen molar-refractivity contribution >= 4 is 41.4 Å². The third kappa shape index (κ3) is 9.40. The molecule has 1 aromatic carbocycles. The SMILES string of the molecule is CS(=O)(=O)OCCN(CCOS(C)(=O)=O)c1ccc([N+](=O)[O-])cc1S(=O)(=O)CN1CCNCC1. The summed E-state index contributed by atoms with van der Waals surface area (Å²) in [6, 6.07) is 3.28. The molecule has 1 aliphatic heterocycles. The van der Waals surface area contributed by atoms with Gasteiger partial charge in [0, 0.05) is 51.4 Å². The Labute approximate surface area is 199 Å². The van der Waals surface area contributed by atoms with Crippen molar-refractivity contribution in [1.29, 1.82) is 0 Å². The standard InChI is InChI=1S/C17H28N4O10S3/c1-32(24,25)30-11-9-20(10-12-31-33(2,26)27)16-4-3-15(21(22)23)13-17(16)34(28,29)14-19-7-5-18-6-8-19/h3-4,13,18H,5-12,14H2,1-2H3. The first-order chi connectivity index (χ1) is 15.7. The summed E-state index contributed by atoms with van der Waals surface area (Å²) in [4.78, 5) is 13.3. The van der Waals surface area contributed by atoms with Gasteiger partial charge < -0.3 is 10.2 Å². The summed E-state index contributed by atoms with van der Waals surface area (Å²) in [5.41, 5.74) is -0.405. The Hall–Kier alpha value is -1.89. The Balaban J connectivity index is 2.43. The van der Waals surface area contributed by atoms with Crippen LogP contribution in [0.5, 0.6) is 0 Å². The number of sulfone groups is 1. The number of piperazine rings is 1. The van der Waals surface area contributed by atoms with Crippen molar-refractivity contribution in [3.05, 3.63) is 28.3 Å². The summed E-state index contributed by atoms with van der Waals surface area (Å²) in [6.45, 7) is 1.07. The van der Waals surface area contributed by atoms with Crippen molar-refractivity contribution in [3.8, 4) is 0 Å². The molecule has 0 radical (unpaired) electrons. The molecule has 17 heteroatoms.